The molecular formula is C30H27F2N5OS. The number of hydrogen-bond donors (Lipinski definition) is 1. The van der Waals surface area contributed by atoms with Crippen LogP contribution in [-0.2, 0) is 23.4 Å². The minimum atomic E-state index is -1.09. The van der Waals surface area contributed by atoms with E-state index in [9.17, 15) is 9.18 Å². The van der Waals surface area contributed by atoms with Gasteiger partial charge in [0.2, 0.25) is 11.6 Å². The van der Waals surface area contributed by atoms with Gasteiger partial charge in [-0.15, -0.1) is 0 Å². The van der Waals surface area contributed by atoms with Crippen LogP contribution in [-0.4, -0.2) is 25.7 Å². The predicted molar refractivity (Wildman–Crippen MR) is 151 cm³/mol. The van der Waals surface area contributed by atoms with Gasteiger partial charge in [0, 0.05) is 30.8 Å². The first-order valence-electron chi connectivity index (χ1n) is 12.1. The largest absolute Gasteiger partial charge is 0.378 e. The first-order chi connectivity index (χ1) is 18.2. The molecule has 2 aromatic carbocycles. The Kier molecular flexibility index (Phi) is 6.55. The maximum absolute atomic E-state index is 15.3. The van der Waals surface area contributed by atoms with E-state index < -0.39 is 21.9 Å². The normalized spacial score (nSPS) is 25.1. The zero-order valence-electron chi connectivity index (χ0n) is 20.5. The lowest BCUT2D eigenvalue weighted by atomic mass is 9.84. The molecule has 3 atom stereocenters. The van der Waals surface area contributed by atoms with E-state index in [0.29, 0.717) is 30.8 Å². The predicted octanol–water partition coefficient (Wildman–Crippen LogP) is 6.45. The summed E-state index contributed by atoms with van der Waals surface area (Å²) in [6.07, 6.45) is 3.09. The summed E-state index contributed by atoms with van der Waals surface area (Å²) in [6, 6.07) is 15.2. The second kappa shape index (κ2) is 9.62. The van der Waals surface area contributed by atoms with Crippen LogP contribution in [0.4, 0.5) is 14.5 Å². The van der Waals surface area contributed by atoms with Crippen LogP contribution >= 0.6 is 11.8 Å². The van der Waals surface area contributed by atoms with E-state index in [0.717, 1.165) is 11.1 Å². The van der Waals surface area contributed by atoms with Crippen LogP contribution in [0, 0.1) is 18.3 Å². The van der Waals surface area contributed by atoms with Crippen LogP contribution in [0.3, 0.4) is 0 Å². The van der Waals surface area contributed by atoms with Gasteiger partial charge < -0.3 is 10.6 Å². The van der Waals surface area contributed by atoms with Crippen LogP contribution in [0.25, 0.3) is 16.7 Å². The maximum Gasteiger partial charge on any atom is 0.240 e. The van der Waals surface area contributed by atoms with Gasteiger partial charge in [0.25, 0.3) is 0 Å². The smallest absolute Gasteiger partial charge is 0.240 e. The zero-order valence-corrected chi connectivity index (χ0v) is 21.3. The molecule has 3 aliphatic rings. The SMILES string of the molecule is C.[C-]#[N+]c1ccc(/C(F)=C/c2ccc(F)c([C@@]3(C)N=C(N)S[C@@]4(C(=O)N5Cc6ccccc6C5)C[C@H]43)c2)nc1. The zero-order chi connectivity index (χ0) is 26.7. The summed E-state index contributed by atoms with van der Waals surface area (Å²) in [6.45, 7) is 9.88. The molecule has 0 saturated heterocycles. The molecule has 1 amide bonds. The van der Waals surface area contributed by atoms with Crippen LogP contribution in [0.1, 0.15) is 48.7 Å². The Labute approximate surface area is 230 Å². The first-order valence-corrected chi connectivity index (χ1v) is 13.0. The molecule has 1 saturated carbocycles. The van der Waals surface area contributed by atoms with Crippen molar-refractivity contribution in [2.24, 2.45) is 16.6 Å². The average molecular weight is 544 g/mol. The van der Waals surface area contributed by atoms with Crippen molar-refractivity contribution in [3.63, 3.8) is 0 Å². The summed E-state index contributed by atoms with van der Waals surface area (Å²) in [5, 5.41) is 0.238. The molecule has 2 aliphatic heterocycles. The van der Waals surface area contributed by atoms with Crippen molar-refractivity contribution < 1.29 is 13.6 Å². The van der Waals surface area contributed by atoms with E-state index >= 15 is 4.39 Å². The number of fused-ring (bicyclic) bond motifs is 2. The van der Waals surface area contributed by atoms with Crippen molar-refractivity contribution >= 4 is 40.4 Å². The third kappa shape index (κ3) is 4.39. The summed E-state index contributed by atoms with van der Waals surface area (Å²) in [4.78, 5) is 27.5. The lowest BCUT2D eigenvalue weighted by molar-refractivity contribution is -0.132. The number of pyridine rings is 1. The molecule has 1 aromatic heterocycles. The highest BCUT2D eigenvalue weighted by atomic mass is 32.2. The monoisotopic (exact) mass is 543 g/mol. The Morgan fingerprint density at radius 1 is 1.21 bits per heavy atom. The molecule has 39 heavy (non-hydrogen) atoms. The highest BCUT2D eigenvalue weighted by Crippen LogP contribution is 2.66. The lowest BCUT2D eigenvalue weighted by Gasteiger charge is -2.35. The standard InChI is InChI=1S/C29H23F2N5OS.CH4/c1-28(21-11-17(7-9-22(21)30)12-23(31)24-10-8-20(33-2)14-34-24)25-13-29(25,38-27(32)35-28)26(37)36-15-18-5-3-4-6-19(18)16-36;/h3-12,14,25H,13,15-16H2,1H3,(H2,32,35);1H4/b23-12-;/t25-,28+,29-;/m0./s1. The van der Waals surface area contributed by atoms with Gasteiger partial charge in [-0.2, -0.15) is 0 Å². The molecule has 6 nitrogen and oxygen atoms in total. The minimum absolute atomic E-state index is 0. The van der Waals surface area contributed by atoms with Crippen LogP contribution in [0.15, 0.2) is 65.8 Å². The van der Waals surface area contributed by atoms with E-state index in [1.165, 1.54) is 48.3 Å². The minimum Gasteiger partial charge on any atom is -0.378 e. The van der Waals surface area contributed by atoms with Gasteiger partial charge in [0.15, 0.2) is 5.17 Å². The molecule has 0 radical (unpaired) electrons. The molecule has 6 rings (SSSR count). The topological polar surface area (TPSA) is 75.9 Å². The Morgan fingerprint density at radius 2 is 1.92 bits per heavy atom. The van der Waals surface area contributed by atoms with Gasteiger partial charge in [0.05, 0.1) is 17.8 Å². The Morgan fingerprint density at radius 3 is 2.56 bits per heavy atom. The number of carbonyl (C=O) groups excluding carboxylic acids is 1. The van der Waals surface area contributed by atoms with Crippen molar-refractivity contribution in [1.29, 1.82) is 0 Å². The van der Waals surface area contributed by atoms with Crippen molar-refractivity contribution in [3.8, 4) is 0 Å². The van der Waals surface area contributed by atoms with Crippen molar-refractivity contribution in [2.75, 3.05) is 0 Å². The fourth-order valence-electron chi connectivity index (χ4n) is 5.63. The van der Waals surface area contributed by atoms with Gasteiger partial charge >= 0.3 is 0 Å². The number of aromatic nitrogens is 1. The van der Waals surface area contributed by atoms with Crippen LogP contribution < -0.4 is 5.73 Å². The molecule has 2 N–H and O–H groups in total. The molecule has 1 fully saturated rings. The molecule has 3 aromatic rings. The number of nitrogens with two attached hydrogens (primary N) is 1. The van der Waals surface area contributed by atoms with Gasteiger partial charge in [-0.1, -0.05) is 55.6 Å². The second-order valence-corrected chi connectivity index (χ2v) is 11.4. The number of amidine groups is 1. The summed E-state index contributed by atoms with van der Waals surface area (Å²) >= 11 is 1.27. The van der Waals surface area contributed by atoms with E-state index in [-0.39, 0.29) is 35.7 Å². The van der Waals surface area contributed by atoms with Gasteiger partial charge in [-0.3, -0.25) is 14.8 Å². The Balaban J connectivity index is 0.00000308. The second-order valence-electron chi connectivity index (χ2n) is 10.0. The van der Waals surface area contributed by atoms with E-state index in [1.54, 1.807) is 13.0 Å². The highest BCUT2D eigenvalue weighted by molar-refractivity contribution is 8.15. The summed E-state index contributed by atoms with van der Waals surface area (Å²) in [7, 11) is 0. The molecule has 9 heteroatoms. The number of halogens is 2. The van der Waals surface area contributed by atoms with Gasteiger partial charge in [0.1, 0.15) is 16.4 Å². The number of hydrogen-bond acceptors (Lipinski definition) is 5. The van der Waals surface area contributed by atoms with Crippen LogP contribution in [0.5, 0.6) is 0 Å². The number of nitrogens with zero attached hydrogens (tertiary/aromatic N) is 4. The molecular weight excluding hydrogens is 516 g/mol. The average Bonchev–Trinajstić information content (AvgIpc) is 3.51. The number of thioether (sulfide) groups is 1. The fourth-order valence-corrected chi connectivity index (χ4v) is 7.08. The summed E-state index contributed by atoms with van der Waals surface area (Å²) in [5.74, 6) is -1.37. The van der Waals surface area contributed by atoms with Crippen molar-refractivity contribution in [2.45, 2.75) is 44.1 Å². The Bertz CT molecular complexity index is 1560. The number of carbonyl (C=O) groups is 1. The third-order valence-corrected chi connectivity index (χ3v) is 8.95. The van der Waals surface area contributed by atoms with E-state index in [2.05, 4.69) is 14.8 Å². The first kappa shape index (κ1) is 26.6. The van der Waals surface area contributed by atoms with Gasteiger partial charge in [-0.25, -0.2) is 13.6 Å². The molecule has 0 unspecified atom stereocenters. The molecule has 3 heterocycles. The number of amides is 1. The molecule has 0 bridgehead atoms. The number of rotatable bonds is 4. The van der Waals surface area contributed by atoms with Crippen molar-refractivity contribution in [1.82, 2.24) is 9.88 Å². The maximum atomic E-state index is 15.3. The van der Waals surface area contributed by atoms with E-state index in [1.807, 2.05) is 29.2 Å². The van der Waals surface area contributed by atoms with Gasteiger partial charge in [-0.05, 0) is 54.3 Å². The van der Waals surface area contributed by atoms with Crippen molar-refractivity contribution in [3.05, 3.63) is 106 Å². The number of aliphatic imine (C=N–C) groups is 1. The molecule has 198 valence electrons. The quantitative estimate of drug-likeness (QED) is 0.384. The Hall–Kier alpha value is -4.03. The molecule has 0 spiro atoms. The fraction of sp³-hybridized carbons (Fsp3) is 0.267. The summed E-state index contributed by atoms with van der Waals surface area (Å²) < 4.78 is 29.4. The summed E-state index contributed by atoms with van der Waals surface area (Å²) in [5.41, 5.74) is 8.51. The third-order valence-electron chi connectivity index (χ3n) is 7.66. The van der Waals surface area contributed by atoms with E-state index in [4.69, 9.17) is 12.3 Å². The lowest BCUT2D eigenvalue weighted by Crippen LogP contribution is -2.44. The highest BCUT2D eigenvalue weighted by Gasteiger charge is 2.71. The number of benzene rings is 2. The molecule has 1 aliphatic carbocycles. The van der Waals surface area contributed by atoms with Crippen LogP contribution in [0.2, 0.25) is 0 Å².